The van der Waals surface area contributed by atoms with Gasteiger partial charge in [-0.3, -0.25) is 4.99 Å². The third-order valence-electron chi connectivity index (χ3n) is 1.63. The van der Waals surface area contributed by atoms with E-state index in [1.807, 2.05) is 19.9 Å². The van der Waals surface area contributed by atoms with Gasteiger partial charge in [-0.1, -0.05) is 24.8 Å². The molecule has 0 aromatic rings. The molecule has 0 aromatic heterocycles. The fraction of sp³-hybridized carbons (Fsp3) is 0.182. The number of halogens is 1. The van der Waals surface area contributed by atoms with Gasteiger partial charge in [-0.15, -0.1) is 0 Å². The molecule has 0 bridgehead atoms. The number of hydrogen-bond donors (Lipinski definition) is 0. The van der Waals surface area contributed by atoms with Crippen molar-refractivity contribution >= 4 is 28.3 Å². The fourth-order valence-corrected chi connectivity index (χ4v) is 1.71. The molecule has 68 valence electrons. The van der Waals surface area contributed by atoms with Gasteiger partial charge in [-0.2, -0.15) is 0 Å². The Morgan fingerprint density at radius 1 is 1.62 bits per heavy atom. The summed E-state index contributed by atoms with van der Waals surface area (Å²) in [6.07, 6.45) is 8.21. The molecule has 0 unspecified atom stereocenters. The smallest absolute Gasteiger partial charge is 0.0834 e. The lowest BCUT2D eigenvalue weighted by Crippen LogP contribution is -2.04. The van der Waals surface area contributed by atoms with Gasteiger partial charge in [-0.25, -0.2) is 0 Å². The zero-order valence-corrected chi connectivity index (χ0v) is 10.00. The van der Waals surface area contributed by atoms with Gasteiger partial charge in [0.15, 0.2) is 0 Å². The first-order valence-electron chi connectivity index (χ1n) is 4.10. The number of allylic oxidation sites excluding steroid dienone is 7. The summed E-state index contributed by atoms with van der Waals surface area (Å²) in [6.45, 7) is 7.71. The van der Waals surface area contributed by atoms with E-state index in [9.17, 15) is 0 Å². The van der Waals surface area contributed by atoms with Crippen LogP contribution in [0.15, 0.2) is 50.7 Å². The van der Waals surface area contributed by atoms with Gasteiger partial charge in [0.25, 0.3) is 0 Å². The average molecular weight is 285 g/mol. The Labute approximate surface area is 92.8 Å². The first-order valence-corrected chi connectivity index (χ1v) is 5.18. The lowest BCUT2D eigenvalue weighted by molar-refractivity contribution is 1.32. The highest BCUT2D eigenvalue weighted by molar-refractivity contribution is 14.1. The standard InChI is InChI=1S/C11H12IN/c1-4-9-6-5-7-10(12)11(9)13-8(2)3/h4-7H,2H2,1,3H3/b9-4-,13-11?. The number of rotatable bonds is 1. The van der Waals surface area contributed by atoms with Gasteiger partial charge >= 0.3 is 0 Å². The summed E-state index contributed by atoms with van der Waals surface area (Å²) >= 11 is 2.29. The second-order valence-corrected chi connectivity index (χ2v) is 3.98. The van der Waals surface area contributed by atoms with Crippen molar-refractivity contribution in [2.24, 2.45) is 4.99 Å². The molecule has 2 heteroatoms. The van der Waals surface area contributed by atoms with Crippen molar-refractivity contribution in [3.63, 3.8) is 0 Å². The van der Waals surface area contributed by atoms with Crippen molar-refractivity contribution in [3.05, 3.63) is 45.7 Å². The summed E-state index contributed by atoms with van der Waals surface area (Å²) in [4.78, 5) is 4.40. The molecule has 0 radical (unpaired) electrons. The number of hydrogen-bond acceptors (Lipinski definition) is 1. The van der Waals surface area contributed by atoms with Crippen LogP contribution in [0.25, 0.3) is 0 Å². The van der Waals surface area contributed by atoms with Crippen LogP contribution in [0.4, 0.5) is 0 Å². The third kappa shape index (κ3) is 2.66. The maximum atomic E-state index is 4.40. The van der Waals surface area contributed by atoms with E-state index in [4.69, 9.17) is 0 Å². The molecule has 0 saturated carbocycles. The molecule has 0 N–H and O–H groups in total. The van der Waals surface area contributed by atoms with E-state index in [1.165, 1.54) is 0 Å². The second-order valence-electron chi connectivity index (χ2n) is 2.81. The third-order valence-corrected chi connectivity index (χ3v) is 2.50. The monoisotopic (exact) mass is 285 g/mol. The maximum absolute atomic E-state index is 4.40. The topological polar surface area (TPSA) is 12.4 Å². The first-order chi connectivity index (χ1) is 6.15. The second kappa shape index (κ2) is 4.56. The van der Waals surface area contributed by atoms with Crippen LogP contribution in [-0.2, 0) is 0 Å². The van der Waals surface area contributed by atoms with Crippen LogP contribution in [0.5, 0.6) is 0 Å². The fourth-order valence-electron chi connectivity index (χ4n) is 1.07. The minimum absolute atomic E-state index is 0.840. The van der Waals surface area contributed by atoms with Crippen LogP contribution in [0.3, 0.4) is 0 Å². The predicted octanol–water partition coefficient (Wildman–Crippen LogP) is 3.80. The van der Waals surface area contributed by atoms with Crippen molar-refractivity contribution < 1.29 is 0 Å². The van der Waals surface area contributed by atoms with Crippen molar-refractivity contribution in [3.8, 4) is 0 Å². The Kier molecular flexibility index (Phi) is 3.66. The molecule has 0 atom stereocenters. The average Bonchev–Trinajstić information content (AvgIpc) is 2.08. The van der Waals surface area contributed by atoms with Gasteiger partial charge in [0.05, 0.1) is 5.71 Å². The van der Waals surface area contributed by atoms with Crippen molar-refractivity contribution in [1.29, 1.82) is 0 Å². The molecule has 0 saturated heterocycles. The van der Waals surface area contributed by atoms with Gasteiger partial charge < -0.3 is 0 Å². The molecule has 13 heavy (non-hydrogen) atoms. The van der Waals surface area contributed by atoms with Gasteiger partial charge in [-0.05, 0) is 48.1 Å². The Balaban J connectivity index is 3.13. The van der Waals surface area contributed by atoms with E-state index in [0.29, 0.717) is 0 Å². The molecule has 0 spiro atoms. The quantitative estimate of drug-likeness (QED) is 0.650. The molecule has 0 heterocycles. The highest BCUT2D eigenvalue weighted by atomic mass is 127. The Morgan fingerprint density at radius 2 is 2.31 bits per heavy atom. The first kappa shape index (κ1) is 10.4. The molecule has 1 aliphatic rings. The van der Waals surface area contributed by atoms with E-state index in [0.717, 1.165) is 20.6 Å². The van der Waals surface area contributed by atoms with Crippen molar-refractivity contribution in [1.82, 2.24) is 0 Å². The summed E-state index contributed by atoms with van der Waals surface area (Å²) < 4.78 is 1.16. The lowest BCUT2D eigenvalue weighted by Gasteiger charge is -2.09. The predicted molar refractivity (Wildman–Crippen MR) is 67.2 cm³/mol. The van der Waals surface area contributed by atoms with Crippen molar-refractivity contribution in [2.75, 3.05) is 0 Å². The molecule has 0 amide bonds. The van der Waals surface area contributed by atoms with Crippen LogP contribution < -0.4 is 0 Å². The Morgan fingerprint density at radius 3 is 2.85 bits per heavy atom. The van der Waals surface area contributed by atoms with Crippen LogP contribution in [0, 0.1) is 0 Å². The molecular formula is C11H12IN. The molecule has 1 rings (SSSR count). The summed E-state index contributed by atoms with van der Waals surface area (Å²) in [6, 6.07) is 0. The number of aliphatic imine (C=N–C) groups is 1. The highest BCUT2D eigenvalue weighted by Crippen LogP contribution is 2.21. The summed E-state index contributed by atoms with van der Waals surface area (Å²) in [5.74, 6) is 0. The van der Waals surface area contributed by atoms with Crippen LogP contribution in [0.2, 0.25) is 0 Å². The molecule has 1 aliphatic carbocycles. The largest absolute Gasteiger partial charge is 0.253 e. The van der Waals surface area contributed by atoms with Crippen LogP contribution in [-0.4, -0.2) is 5.71 Å². The summed E-state index contributed by atoms with van der Waals surface area (Å²) in [5.41, 5.74) is 3.03. The van der Waals surface area contributed by atoms with E-state index < -0.39 is 0 Å². The Bertz CT molecular complexity index is 343. The zero-order chi connectivity index (χ0) is 9.84. The van der Waals surface area contributed by atoms with Crippen molar-refractivity contribution in [2.45, 2.75) is 13.8 Å². The van der Waals surface area contributed by atoms with E-state index in [-0.39, 0.29) is 0 Å². The molecular weight excluding hydrogens is 273 g/mol. The summed E-state index contributed by atoms with van der Waals surface area (Å²) in [7, 11) is 0. The maximum Gasteiger partial charge on any atom is 0.0834 e. The SMILES string of the molecule is C=C(C)N=C1C(I)=CC=C/C1=C/C. The van der Waals surface area contributed by atoms with E-state index >= 15 is 0 Å². The zero-order valence-electron chi connectivity index (χ0n) is 7.84. The Hall–Kier alpha value is -0.640. The highest BCUT2D eigenvalue weighted by Gasteiger charge is 2.09. The van der Waals surface area contributed by atoms with E-state index in [1.54, 1.807) is 0 Å². The molecule has 1 nitrogen and oxygen atoms in total. The minimum atomic E-state index is 0.840. The minimum Gasteiger partial charge on any atom is -0.253 e. The van der Waals surface area contributed by atoms with Gasteiger partial charge in [0.1, 0.15) is 0 Å². The van der Waals surface area contributed by atoms with E-state index in [2.05, 4.69) is 52.4 Å². The molecule has 0 aliphatic heterocycles. The normalized spacial score (nSPS) is 22.2. The van der Waals surface area contributed by atoms with Gasteiger partial charge in [0.2, 0.25) is 0 Å². The molecule has 0 fully saturated rings. The van der Waals surface area contributed by atoms with Crippen LogP contribution in [0.1, 0.15) is 13.8 Å². The molecule has 0 aromatic carbocycles. The van der Waals surface area contributed by atoms with Gasteiger partial charge in [0, 0.05) is 9.28 Å². The summed E-state index contributed by atoms with van der Waals surface area (Å²) in [5, 5.41) is 0. The van der Waals surface area contributed by atoms with Crippen LogP contribution >= 0.6 is 22.6 Å². The number of nitrogens with zero attached hydrogens (tertiary/aromatic N) is 1. The lowest BCUT2D eigenvalue weighted by atomic mass is 10.1.